The summed E-state index contributed by atoms with van der Waals surface area (Å²) in [6.45, 7) is 1.55. The van der Waals surface area contributed by atoms with Crippen molar-refractivity contribution < 1.29 is 19.2 Å². The highest BCUT2D eigenvalue weighted by molar-refractivity contribution is 7.16. The summed E-state index contributed by atoms with van der Waals surface area (Å²) in [6, 6.07) is 8.43. The molecule has 0 amide bonds. The van der Waals surface area contributed by atoms with Gasteiger partial charge in [0.1, 0.15) is 12.4 Å². The molecule has 6 nitrogen and oxygen atoms in total. The Morgan fingerprint density at radius 1 is 1.33 bits per heavy atom. The zero-order valence-electron chi connectivity index (χ0n) is 11.5. The lowest BCUT2D eigenvalue weighted by Crippen LogP contribution is -1.96. The Bertz CT molecular complexity index is 663. The Balaban J connectivity index is 2.14. The van der Waals surface area contributed by atoms with Gasteiger partial charge in [0.2, 0.25) is 0 Å². The van der Waals surface area contributed by atoms with E-state index < -0.39 is 4.92 Å². The fourth-order valence-electron chi connectivity index (χ4n) is 1.64. The lowest BCUT2D eigenvalue weighted by atomic mass is 10.2. The average Bonchev–Trinajstić information content (AvgIpc) is 2.90. The summed E-state index contributed by atoms with van der Waals surface area (Å²) in [7, 11) is 1.57. The summed E-state index contributed by atoms with van der Waals surface area (Å²) in [5.74, 6) is 0.502. The van der Waals surface area contributed by atoms with Crippen molar-refractivity contribution in [2.24, 2.45) is 0 Å². The number of ether oxygens (including phenoxy) is 2. The van der Waals surface area contributed by atoms with Crippen LogP contribution in [0.4, 0.5) is 5.69 Å². The molecule has 0 unspecified atom stereocenters. The molecule has 2 rings (SSSR count). The largest absolute Gasteiger partial charge is 0.497 e. The van der Waals surface area contributed by atoms with Gasteiger partial charge in [-0.05, 0) is 24.6 Å². The molecule has 0 N–H and O–H groups in total. The molecule has 0 atom stereocenters. The Kier molecular flexibility index (Phi) is 4.54. The van der Waals surface area contributed by atoms with Gasteiger partial charge in [-0.15, -0.1) is 0 Å². The summed E-state index contributed by atoms with van der Waals surface area (Å²) in [5.41, 5.74) is 0.668. The quantitative estimate of drug-likeness (QED) is 0.464. The lowest BCUT2D eigenvalue weighted by molar-refractivity contribution is -0.385. The molecule has 0 radical (unpaired) electrons. The SMILES string of the molecule is COc1ccc(COc2sc(C(C)=O)cc2[N+](=O)[O-])cc1. The van der Waals surface area contributed by atoms with Crippen molar-refractivity contribution in [3.8, 4) is 10.8 Å². The molecule has 0 aliphatic carbocycles. The first-order chi connectivity index (χ1) is 10.0. The molecule has 7 heteroatoms. The number of benzene rings is 1. The third-order valence-corrected chi connectivity index (χ3v) is 3.89. The highest BCUT2D eigenvalue weighted by atomic mass is 32.1. The van der Waals surface area contributed by atoms with Gasteiger partial charge in [-0.2, -0.15) is 0 Å². The van der Waals surface area contributed by atoms with E-state index in [9.17, 15) is 14.9 Å². The fraction of sp³-hybridized carbons (Fsp3) is 0.214. The number of hydrogen-bond donors (Lipinski definition) is 0. The topological polar surface area (TPSA) is 78.7 Å². The molecule has 0 aliphatic rings. The van der Waals surface area contributed by atoms with Crippen molar-refractivity contribution in [2.75, 3.05) is 7.11 Å². The number of rotatable bonds is 6. The van der Waals surface area contributed by atoms with Crippen molar-refractivity contribution in [3.05, 3.63) is 50.9 Å². The number of hydrogen-bond acceptors (Lipinski definition) is 6. The Morgan fingerprint density at radius 3 is 2.52 bits per heavy atom. The van der Waals surface area contributed by atoms with E-state index in [0.29, 0.717) is 4.88 Å². The number of carbonyl (C=O) groups is 1. The molecule has 0 saturated carbocycles. The minimum absolute atomic E-state index is 0.140. The van der Waals surface area contributed by atoms with E-state index in [0.717, 1.165) is 22.6 Å². The van der Waals surface area contributed by atoms with Crippen LogP contribution < -0.4 is 9.47 Å². The summed E-state index contributed by atoms with van der Waals surface area (Å²) in [6.07, 6.45) is 0. The monoisotopic (exact) mass is 307 g/mol. The number of carbonyl (C=O) groups excluding carboxylic acids is 1. The Morgan fingerprint density at radius 2 is 2.00 bits per heavy atom. The predicted octanol–water partition coefficient (Wildman–Crippen LogP) is 3.45. The molecule has 0 aliphatic heterocycles. The first kappa shape index (κ1) is 15.0. The molecule has 0 bridgehead atoms. The zero-order chi connectivity index (χ0) is 15.4. The standard InChI is InChI=1S/C14H13NO5S/c1-9(16)13-7-12(15(17)18)14(21-13)20-8-10-3-5-11(19-2)6-4-10/h3-7H,8H2,1-2H3. The maximum Gasteiger partial charge on any atom is 0.323 e. The van der Waals surface area contributed by atoms with Crippen molar-refractivity contribution >= 4 is 22.8 Å². The van der Waals surface area contributed by atoms with Gasteiger partial charge in [0.25, 0.3) is 5.06 Å². The average molecular weight is 307 g/mol. The normalized spacial score (nSPS) is 10.2. The third kappa shape index (κ3) is 3.57. The highest BCUT2D eigenvalue weighted by Gasteiger charge is 2.22. The molecule has 0 saturated heterocycles. The van der Waals surface area contributed by atoms with E-state index >= 15 is 0 Å². The van der Waals surface area contributed by atoms with Crippen LogP contribution in [-0.4, -0.2) is 17.8 Å². The highest BCUT2D eigenvalue weighted by Crippen LogP contribution is 2.37. The van der Waals surface area contributed by atoms with Gasteiger partial charge in [-0.25, -0.2) is 0 Å². The molecule has 1 heterocycles. The number of methoxy groups -OCH3 is 1. The molecule has 0 fully saturated rings. The van der Waals surface area contributed by atoms with Crippen LogP contribution in [0.1, 0.15) is 22.2 Å². The summed E-state index contributed by atoms with van der Waals surface area (Å²) in [4.78, 5) is 22.0. The van der Waals surface area contributed by atoms with Crippen LogP contribution in [-0.2, 0) is 6.61 Å². The number of nitrogens with zero attached hydrogens (tertiary/aromatic N) is 1. The lowest BCUT2D eigenvalue weighted by Gasteiger charge is -2.04. The Labute approximate surface area is 125 Å². The number of Topliss-reactive ketones (excluding diaryl/α,β-unsaturated/α-hetero) is 1. The first-order valence-electron chi connectivity index (χ1n) is 6.06. The third-order valence-electron chi connectivity index (χ3n) is 2.75. The molecular formula is C14H13NO5S. The number of thiophene rings is 1. The number of nitro groups is 1. The first-order valence-corrected chi connectivity index (χ1v) is 6.88. The summed E-state index contributed by atoms with van der Waals surface area (Å²) in [5, 5.41) is 11.1. The molecule has 2 aromatic rings. The maximum atomic E-state index is 11.3. The van der Waals surface area contributed by atoms with E-state index in [2.05, 4.69) is 0 Å². The van der Waals surface area contributed by atoms with Crippen LogP contribution in [0, 0.1) is 10.1 Å². The van der Waals surface area contributed by atoms with Crippen molar-refractivity contribution in [3.63, 3.8) is 0 Å². The summed E-state index contributed by atoms with van der Waals surface area (Å²) >= 11 is 0.985. The molecule has 0 spiro atoms. The molecule has 1 aromatic carbocycles. The van der Waals surface area contributed by atoms with Gasteiger partial charge in [0.05, 0.1) is 16.9 Å². The van der Waals surface area contributed by atoms with Gasteiger partial charge in [-0.1, -0.05) is 23.5 Å². The molecular weight excluding hydrogens is 294 g/mol. The molecule has 1 aromatic heterocycles. The molecule has 21 heavy (non-hydrogen) atoms. The summed E-state index contributed by atoms with van der Waals surface area (Å²) < 4.78 is 10.5. The predicted molar refractivity (Wildman–Crippen MR) is 78.3 cm³/mol. The van der Waals surface area contributed by atoms with Gasteiger partial charge < -0.3 is 9.47 Å². The van der Waals surface area contributed by atoms with Crippen LogP contribution in [0.3, 0.4) is 0 Å². The second-order valence-corrected chi connectivity index (χ2v) is 5.25. The van der Waals surface area contributed by atoms with E-state index in [1.807, 2.05) is 12.1 Å². The van der Waals surface area contributed by atoms with E-state index in [1.165, 1.54) is 13.0 Å². The second-order valence-electron chi connectivity index (χ2n) is 4.23. The van der Waals surface area contributed by atoms with Gasteiger partial charge in [0, 0.05) is 6.07 Å². The van der Waals surface area contributed by atoms with Crippen LogP contribution in [0.15, 0.2) is 30.3 Å². The van der Waals surface area contributed by atoms with Crippen LogP contribution in [0.25, 0.3) is 0 Å². The van der Waals surface area contributed by atoms with Crippen LogP contribution >= 0.6 is 11.3 Å². The van der Waals surface area contributed by atoms with Crippen molar-refractivity contribution in [1.29, 1.82) is 0 Å². The fourth-order valence-corrected chi connectivity index (χ4v) is 2.51. The molecule has 110 valence electrons. The van der Waals surface area contributed by atoms with Gasteiger partial charge in [-0.3, -0.25) is 14.9 Å². The van der Waals surface area contributed by atoms with Gasteiger partial charge in [0.15, 0.2) is 5.78 Å². The van der Waals surface area contributed by atoms with Crippen molar-refractivity contribution in [1.82, 2.24) is 0 Å². The maximum absolute atomic E-state index is 11.3. The van der Waals surface area contributed by atoms with Gasteiger partial charge >= 0.3 is 5.69 Å². The van der Waals surface area contributed by atoms with E-state index in [4.69, 9.17) is 9.47 Å². The van der Waals surface area contributed by atoms with Crippen LogP contribution in [0.2, 0.25) is 0 Å². The van der Waals surface area contributed by atoms with Crippen LogP contribution in [0.5, 0.6) is 10.8 Å². The van der Waals surface area contributed by atoms with E-state index in [-0.39, 0.29) is 23.1 Å². The zero-order valence-corrected chi connectivity index (χ0v) is 12.3. The Hall–Kier alpha value is -2.41. The second kappa shape index (κ2) is 6.36. The number of ketones is 1. The smallest absolute Gasteiger partial charge is 0.323 e. The van der Waals surface area contributed by atoms with E-state index in [1.54, 1.807) is 19.2 Å². The minimum Gasteiger partial charge on any atom is -0.497 e. The minimum atomic E-state index is -0.549. The van der Waals surface area contributed by atoms with Crippen molar-refractivity contribution in [2.45, 2.75) is 13.5 Å².